The maximum absolute atomic E-state index is 12.8. The normalized spacial score (nSPS) is 12.0. The van der Waals surface area contributed by atoms with Gasteiger partial charge in [-0.15, -0.1) is 0 Å². The van der Waals surface area contributed by atoms with E-state index in [0.717, 1.165) is 63.7 Å². The van der Waals surface area contributed by atoms with E-state index in [1.165, 1.54) is 205 Å². The number of rotatable bonds is 50. The minimum atomic E-state index is -0.760. The first-order valence-corrected chi connectivity index (χ1v) is 27.4. The molecule has 0 saturated heterocycles. The van der Waals surface area contributed by atoms with Crippen LogP contribution in [0, 0.1) is 5.92 Å². The molecule has 0 heterocycles. The molecule has 362 valence electrons. The third-order valence-electron chi connectivity index (χ3n) is 12.5. The Kier molecular flexibility index (Phi) is 48.1. The van der Waals surface area contributed by atoms with E-state index >= 15 is 0 Å². The van der Waals surface area contributed by atoms with E-state index in [4.69, 9.17) is 14.2 Å². The van der Waals surface area contributed by atoms with Crippen molar-refractivity contribution in [2.45, 2.75) is 316 Å². The molecule has 0 saturated carbocycles. The molecule has 0 aromatic heterocycles. The van der Waals surface area contributed by atoms with Gasteiger partial charge < -0.3 is 14.2 Å². The summed E-state index contributed by atoms with van der Waals surface area (Å²) in [5.74, 6) is 0.00551. The van der Waals surface area contributed by atoms with Crippen LogP contribution in [0.2, 0.25) is 0 Å². The van der Waals surface area contributed by atoms with Crippen molar-refractivity contribution in [3.63, 3.8) is 0 Å². The molecule has 0 spiro atoms. The summed E-state index contributed by atoms with van der Waals surface area (Å²) in [6.07, 6.45) is 52.3. The number of ether oxygens (including phenoxy) is 3. The van der Waals surface area contributed by atoms with Crippen LogP contribution in [0.5, 0.6) is 0 Å². The van der Waals surface area contributed by atoms with Crippen LogP contribution in [0.4, 0.5) is 0 Å². The smallest absolute Gasteiger partial charge is 0.306 e. The number of hydrogen-bond acceptors (Lipinski definition) is 6. The van der Waals surface area contributed by atoms with Gasteiger partial charge in [-0.25, -0.2) is 0 Å². The summed E-state index contributed by atoms with van der Waals surface area (Å²) in [4.78, 5) is 38.0. The molecule has 0 fully saturated rings. The first-order valence-electron chi connectivity index (χ1n) is 27.4. The van der Waals surface area contributed by atoms with Gasteiger partial charge in [0.2, 0.25) is 0 Å². The molecule has 6 heteroatoms. The van der Waals surface area contributed by atoms with E-state index in [2.05, 4.69) is 27.7 Å². The number of carbonyl (C=O) groups excluding carboxylic acids is 3. The summed E-state index contributed by atoms with van der Waals surface area (Å²) in [5, 5.41) is 0. The number of unbranched alkanes of at least 4 members (excludes halogenated alkanes) is 37. The quantitative estimate of drug-likeness (QED) is 0.0344. The molecule has 0 aliphatic heterocycles. The summed E-state index contributed by atoms with van der Waals surface area (Å²) in [7, 11) is 0. The fourth-order valence-corrected chi connectivity index (χ4v) is 8.39. The maximum Gasteiger partial charge on any atom is 0.306 e. The fraction of sp³-hybridized carbons (Fsp3) is 0.945. The largest absolute Gasteiger partial charge is 0.462 e. The lowest BCUT2D eigenvalue weighted by Crippen LogP contribution is -2.30. The minimum Gasteiger partial charge on any atom is -0.462 e. The molecule has 0 rings (SSSR count). The molecule has 0 amide bonds. The highest BCUT2D eigenvalue weighted by Crippen LogP contribution is 2.17. The van der Waals surface area contributed by atoms with Gasteiger partial charge in [0.25, 0.3) is 0 Å². The van der Waals surface area contributed by atoms with E-state index in [0.29, 0.717) is 19.3 Å². The van der Waals surface area contributed by atoms with E-state index in [9.17, 15) is 14.4 Å². The Labute approximate surface area is 380 Å². The zero-order valence-corrected chi connectivity index (χ0v) is 41.6. The number of hydrogen-bond donors (Lipinski definition) is 0. The molecular formula is C55H106O6. The Bertz CT molecular complexity index is 918. The monoisotopic (exact) mass is 863 g/mol. The lowest BCUT2D eigenvalue weighted by atomic mass is 10.0. The van der Waals surface area contributed by atoms with E-state index in [1.807, 2.05) is 0 Å². The second-order valence-electron chi connectivity index (χ2n) is 19.3. The predicted molar refractivity (Wildman–Crippen MR) is 261 cm³/mol. The van der Waals surface area contributed by atoms with Gasteiger partial charge in [0, 0.05) is 19.3 Å². The third kappa shape index (κ3) is 49.3. The highest BCUT2D eigenvalue weighted by atomic mass is 16.6. The highest BCUT2D eigenvalue weighted by Gasteiger charge is 2.19. The zero-order valence-electron chi connectivity index (χ0n) is 41.6. The standard InChI is InChI=1S/C55H106O6/c1-5-7-9-11-13-15-17-19-23-28-32-36-40-44-48-55(58)61-52(49-59-53(56)46-42-38-34-30-26-18-16-14-12-10-8-6-2)50-60-54(57)47-43-39-35-31-27-24-21-20-22-25-29-33-37-41-45-51(3)4/h51-52H,5-50H2,1-4H3/t52-/m1/s1. The summed E-state index contributed by atoms with van der Waals surface area (Å²) in [6.45, 7) is 9.05. The van der Waals surface area contributed by atoms with Crippen LogP contribution < -0.4 is 0 Å². The molecule has 0 aromatic rings. The Morgan fingerprint density at radius 3 is 0.803 bits per heavy atom. The molecule has 6 nitrogen and oxygen atoms in total. The average molecular weight is 863 g/mol. The van der Waals surface area contributed by atoms with Crippen LogP contribution in [0.1, 0.15) is 310 Å². The van der Waals surface area contributed by atoms with Gasteiger partial charge in [-0.3, -0.25) is 14.4 Å². The molecule has 0 radical (unpaired) electrons. The molecule has 0 bridgehead atoms. The zero-order chi connectivity index (χ0) is 44.5. The van der Waals surface area contributed by atoms with Crippen LogP contribution in [0.25, 0.3) is 0 Å². The molecule has 0 N–H and O–H groups in total. The Morgan fingerprint density at radius 2 is 0.541 bits per heavy atom. The van der Waals surface area contributed by atoms with Gasteiger partial charge in [-0.05, 0) is 25.2 Å². The molecule has 61 heavy (non-hydrogen) atoms. The van der Waals surface area contributed by atoms with Crippen LogP contribution in [0.3, 0.4) is 0 Å². The summed E-state index contributed by atoms with van der Waals surface area (Å²) in [5.41, 5.74) is 0. The molecule has 1 atom stereocenters. The average Bonchev–Trinajstić information content (AvgIpc) is 3.24. The van der Waals surface area contributed by atoms with E-state index in [1.54, 1.807) is 0 Å². The van der Waals surface area contributed by atoms with Crippen molar-refractivity contribution in [3.8, 4) is 0 Å². The molecule has 0 unspecified atom stereocenters. The van der Waals surface area contributed by atoms with Crippen LogP contribution in [-0.2, 0) is 28.6 Å². The van der Waals surface area contributed by atoms with Gasteiger partial charge >= 0.3 is 17.9 Å². The van der Waals surface area contributed by atoms with E-state index in [-0.39, 0.29) is 31.1 Å². The fourth-order valence-electron chi connectivity index (χ4n) is 8.39. The SMILES string of the molecule is CCCCCCCCCCCCCCCCC(=O)O[C@H](COC(=O)CCCCCCCCCCCCCC)COC(=O)CCCCCCCCCCCCCCCCC(C)C. The lowest BCUT2D eigenvalue weighted by Gasteiger charge is -2.18. The van der Waals surface area contributed by atoms with Crippen LogP contribution in [0.15, 0.2) is 0 Å². The second kappa shape index (κ2) is 49.4. The Hall–Kier alpha value is -1.59. The number of carbonyl (C=O) groups is 3. The van der Waals surface area contributed by atoms with Gasteiger partial charge in [0.15, 0.2) is 6.10 Å². The topological polar surface area (TPSA) is 78.9 Å². The molecular weight excluding hydrogens is 757 g/mol. The Balaban J connectivity index is 4.28. The predicted octanol–water partition coefficient (Wildman–Crippen LogP) is 17.8. The van der Waals surface area contributed by atoms with Crippen molar-refractivity contribution in [2.75, 3.05) is 13.2 Å². The third-order valence-corrected chi connectivity index (χ3v) is 12.5. The van der Waals surface area contributed by atoms with Gasteiger partial charge in [-0.1, -0.05) is 272 Å². The van der Waals surface area contributed by atoms with Crippen LogP contribution in [-0.4, -0.2) is 37.2 Å². The van der Waals surface area contributed by atoms with Crippen molar-refractivity contribution >= 4 is 17.9 Å². The first kappa shape index (κ1) is 59.4. The van der Waals surface area contributed by atoms with Gasteiger partial charge in [0.05, 0.1) is 0 Å². The van der Waals surface area contributed by atoms with Gasteiger partial charge in [0.1, 0.15) is 13.2 Å². The molecule has 0 aromatic carbocycles. The van der Waals surface area contributed by atoms with Gasteiger partial charge in [-0.2, -0.15) is 0 Å². The lowest BCUT2D eigenvalue weighted by molar-refractivity contribution is -0.167. The van der Waals surface area contributed by atoms with Crippen molar-refractivity contribution in [3.05, 3.63) is 0 Å². The maximum atomic E-state index is 12.8. The molecule has 0 aliphatic carbocycles. The molecule has 0 aliphatic rings. The summed E-state index contributed by atoms with van der Waals surface area (Å²) >= 11 is 0. The van der Waals surface area contributed by atoms with E-state index < -0.39 is 6.10 Å². The summed E-state index contributed by atoms with van der Waals surface area (Å²) < 4.78 is 16.8. The second-order valence-corrected chi connectivity index (χ2v) is 19.3. The van der Waals surface area contributed by atoms with Crippen molar-refractivity contribution < 1.29 is 28.6 Å². The van der Waals surface area contributed by atoms with Crippen molar-refractivity contribution in [1.82, 2.24) is 0 Å². The van der Waals surface area contributed by atoms with Crippen LogP contribution >= 0.6 is 0 Å². The minimum absolute atomic E-state index is 0.0622. The Morgan fingerprint density at radius 1 is 0.311 bits per heavy atom. The first-order chi connectivity index (χ1) is 29.9. The number of esters is 3. The van der Waals surface area contributed by atoms with Crippen molar-refractivity contribution in [1.29, 1.82) is 0 Å². The highest BCUT2D eigenvalue weighted by molar-refractivity contribution is 5.71. The summed E-state index contributed by atoms with van der Waals surface area (Å²) in [6, 6.07) is 0. The van der Waals surface area contributed by atoms with Crippen molar-refractivity contribution in [2.24, 2.45) is 5.92 Å².